The van der Waals surface area contributed by atoms with Crippen molar-refractivity contribution in [2.45, 2.75) is 44.2 Å². The van der Waals surface area contributed by atoms with Gasteiger partial charge in [-0.15, -0.1) is 0 Å². The van der Waals surface area contributed by atoms with Crippen molar-refractivity contribution in [3.05, 3.63) is 66.1 Å². The Kier molecular flexibility index (Phi) is 9.50. The highest BCUT2D eigenvalue weighted by molar-refractivity contribution is 6.09. The van der Waals surface area contributed by atoms with Gasteiger partial charge in [-0.2, -0.15) is 13.2 Å². The Morgan fingerprint density at radius 3 is 2.45 bits per heavy atom. The Balaban J connectivity index is 1.26. The molecular weight excluding hydrogens is 579 g/mol. The first-order valence-corrected chi connectivity index (χ1v) is 14.5. The highest BCUT2D eigenvalue weighted by atomic mass is 19.4. The fourth-order valence-electron chi connectivity index (χ4n) is 5.58. The number of methoxy groups -OCH3 is 1. The second-order valence-corrected chi connectivity index (χ2v) is 11.1. The molecule has 1 N–H and O–H groups in total. The highest BCUT2D eigenvalue weighted by Crippen LogP contribution is 2.45. The molecule has 0 spiro atoms. The average molecular weight is 614 g/mol. The summed E-state index contributed by atoms with van der Waals surface area (Å²) in [7, 11) is 1.43. The van der Waals surface area contributed by atoms with Gasteiger partial charge in [0.1, 0.15) is 12.4 Å². The molecule has 10 nitrogen and oxygen atoms in total. The van der Waals surface area contributed by atoms with Crippen molar-refractivity contribution < 1.29 is 37.3 Å². The van der Waals surface area contributed by atoms with Crippen LogP contribution in [-0.2, 0) is 4.79 Å². The molecule has 2 aliphatic rings. The van der Waals surface area contributed by atoms with Gasteiger partial charge in [0.05, 0.1) is 31.4 Å². The summed E-state index contributed by atoms with van der Waals surface area (Å²) >= 11 is 0. The van der Waals surface area contributed by atoms with Gasteiger partial charge in [-0.25, -0.2) is 15.0 Å². The fourth-order valence-corrected chi connectivity index (χ4v) is 5.58. The van der Waals surface area contributed by atoms with Gasteiger partial charge >= 0.3 is 12.1 Å². The molecule has 0 aromatic carbocycles. The zero-order valence-electron chi connectivity index (χ0n) is 24.2. The topological polar surface area (TPSA) is 118 Å². The molecule has 4 heterocycles. The standard InChI is InChI=1S/C31H34F3N5O5/c1-43-27-16-25(24(17-37-27)30(42)39(19-31(32,33)34)26-4-2-3-10-35-26)38-12-8-20(9-13-38)18-44-28-14-22(7-11-36-28)23(15-29(40)41)21-5-6-21/h2-4,7,10-11,14,16-17,20-21,23H,5-6,8-9,12-13,15,18-19H2,1H3,(H,40,41). The summed E-state index contributed by atoms with van der Waals surface area (Å²) < 4.78 is 51.9. The lowest BCUT2D eigenvalue weighted by Gasteiger charge is -2.35. The lowest BCUT2D eigenvalue weighted by Crippen LogP contribution is -2.41. The normalized spacial score (nSPS) is 16.3. The van der Waals surface area contributed by atoms with Crippen LogP contribution in [0.4, 0.5) is 24.7 Å². The molecule has 44 heavy (non-hydrogen) atoms. The summed E-state index contributed by atoms with van der Waals surface area (Å²) in [6.45, 7) is -0.0389. The van der Waals surface area contributed by atoms with Crippen LogP contribution in [0.15, 0.2) is 55.0 Å². The van der Waals surface area contributed by atoms with Crippen LogP contribution < -0.4 is 19.3 Å². The maximum absolute atomic E-state index is 13.6. The van der Waals surface area contributed by atoms with E-state index in [9.17, 15) is 27.9 Å². The molecule has 1 unspecified atom stereocenters. The fraction of sp³-hybridized carbons (Fsp3) is 0.452. The number of pyridine rings is 3. The Morgan fingerprint density at radius 2 is 1.82 bits per heavy atom. The molecule has 234 valence electrons. The molecule has 2 fully saturated rings. The van der Waals surface area contributed by atoms with Crippen molar-refractivity contribution in [2.75, 3.05) is 43.2 Å². The summed E-state index contributed by atoms with van der Waals surface area (Å²) in [6.07, 6.45) is 3.11. The van der Waals surface area contributed by atoms with E-state index in [1.165, 1.54) is 31.6 Å². The monoisotopic (exact) mass is 613 g/mol. The Morgan fingerprint density at radius 1 is 1.05 bits per heavy atom. The van der Waals surface area contributed by atoms with E-state index in [1.807, 2.05) is 17.0 Å². The number of rotatable bonds is 12. The minimum absolute atomic E-state index is 0.0167. The first-order valence-electron chi connectivity index (χ1n) is 14.5. The maximum atomic E-state index is 13.6. The van der Waals surface area contributed by atoms with Gasteiger partial charge in [-0.05, 0) is 67.2 Å². The molecule has 3 aromatic heterocycles. The van der Waals surface area contributed by atoms with Crippen molar-refractivity contribution in [1.82, 2.24) is 15.0 Å². The average Bonchev–Trinajstić information content (AvgIpc) is 3.87. The predicted molar refractivity (Wildman–Crippen MR) is 155 cm³/mol. The molecule has 1 atom stereocenters. The summed E-state index contributed by atoms with van der Waals surface area (Å²) in [5.74, 6) is -0.625. The number of aliphatic carboxylic acids is 1. The minimum atomic E-state index is -4.64. The van der Waals surface area contributed by atoms with E-state index in [0.717, 1.165) is 18.4 Å². The van der Waals surface area contributed by atoms with Gasteiger partial charge in [-0.1, -0.05) is 6.07 Å². The quantitative estimate of drug-likeness (QED) is 0.288. The molecule has 0 radical (unpaired) electrons. The number of carboxylic acid groups (broad SMARTS) is 1. The van der Waals surface area contributed by atoms with E-state index < -0.39 is 24.6 Å². The molecule has 0 bridgehead atoms. The number of carbonyl (C=O) groups excluding carboxylic acids is 1. The summed E-state index contributed by atoms with van der Waals surface area (Å²) in [4.78, 5) is 40.0. The van der Waals surface area contributed by atoms with Gasteiger partial charge in [0, 0.05) is 43.8 Å². The van der Waals surface area contributed by atoms with Gasteiger partial charge in [-0.3, -0.25) is 14.5 Å². The second-order valence-electron chi connectivity index (χ2n) is 11.1. The summed E-state index contributed by atoms with van der Waals surface area (Å²) in [5.41, 5.74) is 1.37. The SMILES string of the molecule is COc1cc(N2CCC(COc3cc(C(CC(=O)O)C4CC4)ccn3)CC2)c(C(=O)N(CC(F)(F)F)c2ccccn2)cn1. The van der Waals surface area contributed by atoms with Crippen LogP contribution in [0.5, 0.6) is 11.8 Å². The van der Waals surface area contributed by atoms with Crippen LogP contribution in [0, 0.1) is 11.8 Å². The van der Waals surface area contributed by atoms with Crippen LogP contribution in [0.2, 0.25) is 0 Å². The zero-order chi connectivity index (χ0) is 31.3. The predicted octanol–water partition coefficient (Wildman–Crippen LogP) is 5.35. The Bertz CT molecular complexity index is 1450. The van der Waals surface area contributed by atoms with E-state index in [4.69, 9.17) is 9.47 Å². The largest absolute Gasteiger partial charge is 0.481 e. The van der Waals surface area contributed by atoms with Crippen LogP contribution in [-0.4, -0.2) is 71.5 Å². The maximum Gasteiger partial charge on any atom is 0.406 e. The molecule has 13 heteroatoms. The van der Waals surface area contributed by atoms with Crippen molar-refractivity contribution in [3.8, 4) is 11.8 Å². The summed E-state index contributed by atoms with van der Waals surface area (Å²) in [6, 6.07) is 9.68. The van der Waals surface area contributed by atoms with E-state index >= 15 is 0 Å². The molecule has 1 aliphatic carbocycles. The third-order valence-corrected chi connectivity index (χ3v) is 8.00. The number of alkyl halides is 3. The number of amides is 1. The zero-order valence-corrected chi connectivity index (χ0v) is 24.2. The first-order chi connectivity index (χ1) is 21.1. The van der Waals surface area contributed by atoms with Crippen LogP contribution in [0.3, 0.4) is 0 Å². The number of hydrogen-bond acceptors (Lipinski definition) is 8. The van der Waals surface area contributed by atoms with Gasteiger partial charge in [0.25, 0.3) is 5.91 Å². The van der Waals surface area contributed by atoms with Crippen LogP contribution in [0.1, 0.15) is 53.9 Å². The van der Waals surface area contributed by atoms with E-state index in [0.29, 0.717) is 54.9 Å². The molecule has 1 saturated heterocycles. The van der Waals surface area contributed by atoms with Crippen molar-refractivity contribution in [3.63, 3.8) is 0 Å². The second kappa shape index (κ2) is 13.5. The van der Waals surface area contributed by atoms with Gasteiger partial charge in [0.2, 0.25) is 11.8 Å². The highest BCUT2D eigenvalue weighted by Gasteiger charge is 2.37. The summed E-state index contributed by atoms with van der Waals surface area (Å²) in [5, 5.41) is 9.34. The number of hydrogen-bond donors (Lipinski definition) is 1. The van der Waals surface area contributed by atoms with Crippen LogP contribution in [0.25, 0.3) is 0 Å². The molecule has 1 aliphatic heterocycles. The minimum Gasteiger partial charge on any atom is -0.481 e. The molecule has 1 amide bonds. The molecular formula is C31H34F3N5O5. The Labute approximate surface area is 252 Å². The number of nitrogens with zero attached hydrogens (tertiary/aromatic N) is 5. The third-order valence-electron chi connectivity index (χ3n) is 8.00. The number of carbonyl (C=O) groups is 2. The third kappa shape index (κ3) is 7.94. The van der Waals surface area contributed by atoms with E-state index in [1.54, 1.807) is 18.3 Å². The van der Waals surface area contributed by atoms with Gasteiger partial charge < -0.3 is 19.5 Å². The van der Waals surface area contributed by atoms with E-state index in [2.05, 4.69) is 15.0 Å². The molecule has 5 rings (SSSR count). The number of piperidine rings is 1. The van der Waals surface area contributed by atoms with Gasteiger partial charge in [0.15, 0.2) is 0 Å². The smallest absolute Gasteiger partial charge is 0.406 e. The molecule has 3 aromatic rings. The lowest BCUT2D eigenvalue weighted by atomic mass is 9.92. The number of anilines is 2. The lowest BCUT2D eigenvalue weighted by molar-refractivity contribution is -0.137. The Hall–Kier alpha value is -4.42. The number of ether oxygens (including phenoxy) is 2. The van der Waals surface area contributed by atoms with Crippen molar-refractivity contribution in [1.29, 1.82) is 0 Å². The number of halogens is 3. The van der Waals surface area contributed by atoms with Crippen molar-refractivity contribution >= 4 is 23.4 Å². The first kappa shape index (κ1) is 31.0. The molecule has 1 saturated carbocycles. The van der Waals surface area contributed by atoms with Crippen LogP contribution >= 0.6 is 0 Å². The number of aromatic nitrogens is 3. The van der Waals surface area contributed by atoms with Crippen molar-refractivity contribution in [2.24, 2.45) is 11.8 Å². The number of carboxylic acids is 1. The van der Waals surface area contributed by atoms with E-state index in [-0.39, 0.29) is 35.5 Å².